The molecule has 0 unspecified atom stereocenters. The van der Waals surface area contributed by atoms with Crippen LogP contribution in [0.25, 0.3) is 0 Å². The third-order valence-corrected chi connectivity index (χ3v) is 5.28. The predicted octanol–water partition coefficient (Wildman–Crippen LogP) is 2.75. The summed E-state index contributed by atoms with van der Waals surface area (Å²) >= 11 is 3.22. The second-order valence-electron chi connectivity index (χ2n) is 4.61. The number of anilines is 1. The van der Waals surface area contributed by atoms with E-state index in [0.29, 0.717) is 21.4 Å². The van der Waals surface area contributed by atoms with E-state index in [9.17, 15) is 8.42 Å². The van der Waals surface area contributed by atoms with E-state index < -0.39 is 10.0 Å². The van der Waals surface area contributed by atoms with Crippen molar-refractivity contribution < 1.29 is 13.5 Å². The fourth-order valence-corrected chi connectivity index (χ4v) is 4.10. The topological polar surface area (TPSA) is 79.3 Å². The Balaban J connectivity index is 2.38. The number of pyridine rings is 1. The van der Waals surface area contributed by atoms with Crippen molar-refractivity contribution in [3.05, 3.63) is 51.8 Å². The molecule has 5 nitrogen and oxygen atoms in total. The number of aliphatic hydroxyl groups excluding tert-OH is 1. The number of nitrogens with zero attached hydrogens (tertiary/aromatic N) is 1. The monoisotopic (exact) mass is 370 g/mol. The van der Waals surface area contributed by atoms with Gasteiger partial charge < -0.3 is 5.11 Å². The van der Waals surface area contributed by atoms with Crippen LogP contribution in [0.5, 0.6) is 0 Å². The number of aromatic nitrogens is 1. The van der Waals surface area contributed by atoms with Crippen LogP contribution in [0.1, 0.15) is 17.0 Å². The lowest BCUT2D eigenvalue weighted by Gasteiger charge is -2.12. The van der Waals surface area contributed by atoms with Crippen molar-refractivity contribution in [1.82, 2.24) is 4.98 Å². The molecule has 0 spiro atoms. The Morgan fingerprint density at radius 1 is 1.24 bits per heavy atom. The summed E-state index contributed by atoms with van der Waals surface area (Å²) in [5.74, 6) is 0. The lowest BCUT2D eigenvalue weighted by molar-refractivity contribution is 0.281. The molecular formula is C14H15BrN2O3S. The van der Waals surface area contributed by atoms with Gasteiger partial charge in [0.2, 0.25) is 0 Å². The number of nitrogens with one attached hydrogen (secondary N) is 1. The van der Waals surface area contributed by atoms with Gasteiger partial charge in [-0.25, -0.2) is 8.42 Å². The number of hydrogen-bond donors (Lipinski definition) is 2. The number of aryl methyl sites for hydroxylation is 2. The van der Waals surface area contributed by atoms with Gasteiger partial charge in [-0.1, -0.05) is 6.07 Å². The summed E-state index contributed by atoms with van der Waals surface area (Å²) in [6.45, 7) is 3.44. The normalized spacial score (nSPS) is 11.4. The maximum absolute atomic E-state index is 12.4. The van der Waals surface area contributed by atoms with Crippen molar-refractivity contribution in [3.8, 4) is 0 Å². The first-order valence-electron chi connectivity index (χ1n) is 6.20. The van der Waals surface area contributed by atoms with Crippen molar-refractivity contribution in [2.45, 2.75) is 25.3 Å². The first-order valence-corrected chi connectivity index (χ1v) is 8.47. The third-order valence-electron chi connectivity index (χ3n) is 2.94. The van der Waals surface area contributed by atoms with Gasteiger partial charge in [0, 0.05) is 10.2 Å². The summed E-state index contributed by atoms with van der Waals surface area (Å²) in [6.07, 6.45) is 0. The van der Waals surface area contributed by atoms with Crippen molar-refractivity contribution in [2.75, 3.05) is 4.72 Å². The molecule has 21 heavy (non-hydrogen) atoms. The highest BCUT2D eigenvalue weighted by atomic mass is 79.9. The van der Waals surface area contributed by atoms with Crippen LogP contribution in [-0.4, -0.2) is 18.5 Å². The maximum atomic E-state index is 12.4. The fourth-order valence-electron chi connectivity index (χ4n) is 1.85. The number of rotatable bonds is 4. The van der Waals surface area contributed by atoms with Gasteiger partial charge >= 0.3 is 0 Å². The maximum Gasteiger partial charge on any atom is 0.263 e. The second-order valence-corrected chi connectivity index (χ2v) is 7.12. The standard InChI is InChI=1S/C14H15BrN2O3S/c1-9-3-5-13(10(2)16-9)17-21(19,20)14-6-4-11(8-18)7-12(14)15/h3-7,17-18H,8H2,1-2H3. The van der Waals surface area contributed by atoms with E-state index in [-0.39, 0.29) is 11.5 Å². The van der Waals surface area contributed by atoms with Gasteiger partial charge in [0.25, 0.3) is 10.0 Å². The molecule has 2 N–H and O–H groups in total. The fraction of sp³-hybridized carbons (Fsp3) is 0.214. The van der Waals surface area contributed by atoms with Gasteiger partial charge in [-0.2, -0.15) is 0 Å². The van der Waals surface area contributed by atoms with E-state index in [2.05, 4.69) is 25.6 Å². The van der Waals surface area contributed by atoms with Gasteiger partial charge in [-0.3, -0.25) is 9.71 Å². The van der Waals surface area contributed by atoms with Crippen LogP contribution >= 0.6 is 15.9 Å². The Kier molecular flexibility index (Phi) is 4.65. The molecule has 0 radical (unpaired) electrons. The minimum absolute atomic E-state index is 0.111. The minimum Gasteiger partial charge on any atom is -0.392 e. The largest absolute Gasteiger partial charge is 0.392 e. The molecule has 7 heteroatoms. The molecule has 0 saturated heterocycles. The molecule has 0 saturated carbocycles. The van der Waals surface area contributed by atoms with Crippen molar-refractivity contribution in [3.63, 3.8) is 0 Å². The van der Waals surface area contributed by atoms with Crippen LogP contribution in [0, 0.1) is 13.8 Å². The molecule has 0 aliphatic rings. The average Bonchev–Trinajstić information content (AvgIpc) is 2.41. The van der Waals surface area contributed by atoms with Gasteiger partial charge in [-0.15, -0.1) is 0 Å². The van der Waals surface area contributed by atoms with E-state index in [1.54, 1.807) is 31.2 Å². The number of halogens is 1. The SMILES string of the molecule is Cc1ccc(NS(=O)(=O)c2ccc(CO)cc2Br)c(C)n1. The van der Waals surface area contributed by atoms with Crippen LogP contribution < -0.4 is 4.72 Å². The zero-order chi connectivity index (χ0) is 15.6. The third kappa shape index (κ3) is 3.61. The van der Waals surface area contributed by atoms with Gasteiger partial charge in [0.05, 0.1) is 18.0 Å². The first-order chi connectivity index (χ1) is 9.83. The molecule has 112 valence electrons. The summed E-state index contributed by atoms with van der Waals surface area (Å²) in [5.41, 5.74) is 2.51. The highest BCUT2D eigenvalue weighted by Gasteiger charge is 2.19. The number of aliphatic hydroxyl groups is 1. The Labute approximate surface area is 132 Å². The molecule has 1 aromatic heterocycles. The van der Waals surface area contributed by atoms with Crippen LogP contribution in [0.3, 0.4) is 0 Å². The highest BCUT2D eigenvalue weighted by Crippen LogP contribution is 2.26. The molecule has 1 aromatic carbocycles. The molecule has 0 fully saturated rings. The van der Waals surface area contributed by atoms with E-state index in [4.69, 9.17) is 5.11 Å². The molecule has 0 atom stereocenters. The van der Waals surface area contributed by atoms with Crippen molar-refractivity contribution in [1.29, 1.82) is 0 Å². The lowest BCUT2D eigenvalue weighted by Crippen LogP contribution is -2.15. The molecule has 0 aliphatic heterocycles. The summed E-state index contributed by atoms with van der Waals surface area (Å²) in [4.78, 5) is 4.34. The molecule has 0 bridgehead atoms. The minimum atomic E-state index is -3.72. The van der Waals surface area contributed by atoms with Crippen LogP contribution in [0.2, 0.25) is 0 Å². The highest BCUT2D eigenvalue weighted by molar-refractivity contribution is 9.10. The number of hydrogen-bond acceptors (Lipinski definition) is 4. The Hall–Kier alpha value is -1.44. The van der Waals surface area contributed by atoms with E-state index >= 15 is 0 Å². The quantitative estimate of drug-likeness (QED) is 0.866. The molecule has 2 aromatic rings. The van der Waals surface area contributed by atoms with Crippen LogP contribution in [0.4, 0.5) is 5.69 Å². The lowest BCUT2D eigenvalue weighted by atomic mass is 10.2. The van der Waals surface area contributed by atoms with Gasteiger partial charge in [0.15, 0.2) is 0 Å². The summed E-state index contributed by atoms with van der Waals surface area (Å²) < 4.78 is 27.8. The molecule has 0 aliphatic carbocycles. The Morgan fingerprint density at radius 3 is 2.52 bits per heavy atom. The summed E-state index contributed by atoms with van der Waals surface area (Å²) in [6, 6.07) is 8.03. The smallest absolute Gasteiger partial charge is 0.263 e. The number of benzene rings is 1. The molecule has 2 rings (SSSR count). The summed E-state index contributed by atoms with van der Waals surface area (Å²) in [7, 11) is -3.72. The second kappa shape index (κ2) is 6.13. The van der Waals surface area contributed by atoms with E-state index in [0.717, 1.165) is 5.69 Å². The number of sulfonamides is 1. The Morgan fingerprint density at radius 2 is 1.95 bits per heavy atom. The average molecular weight is 371 g/mol. The zero-order valence-corrected chi connectivity index (χ0v) is 14.0. The van der Waals surface area contributed by atoms with E-state index in [1.165, 1.54) is 6.07 Å². The molecule has 0 amide bonds. The predicted molar refractivity (Wildman–Crippen MR) is 84.6 cm³/mol. The van der Waals surface area contributed by atoms with Crippen LogP contribution in [0.15, 0.2) is 39.7 Å². The van der Waals surface area contributed by atoms with Gasteiger partial charge in [-0.05, 0) is 59.6 Å². The van der Waals surface area contributed by atoms with Gasteiger partial charge in [0.1, 0.15) is 4.90 Å². The summed E-state index contributed by atoms with van der Waals surface area (Å²) in [5, 5.41) is 9.06. The molecular weight excluding hydrogens is 356 g/mol. The van der Waals surface area contributed by atoms with Crippen LogP contribution in [-0.2, 0) is 16.6 Å². The van der Waals surface area contributed by atoms with Crippen molar-refractivity contribution >= 4 is 31.6 Å². The molecule has 1 heterocycles. The van der Waals surface area contributed by atoms with Crippen molar-refractivity contribution in [2.24, 2.45) is 0 Å². The Bertz CT molecular complexity index is 776. The van der Waals surface area contributed by atoms with E-state index in [1.807, 2.05) is 6.92 Å². The first kappa shape index (κ1) is 15.9. The zero-order valence-electron chi connectivity index (χ0n) is 11.6.